The lowest BCUT2D eigenvalue weighted by atomic mass is 10.0. The highest BCUT2D eigenvalue weighted by Gasteiger charge is 2.19. The van der Waals surface area contributed by atoms with Crippen molar-refractivity contribution in [3.8, 4) is 0 Å². The fourth-order valence-electron chi connectivity index (χ4n) is 9.58. The van der Waals surface area contributed by atoms with E-state index in [2.05, 4.69) is 118 Å². The van der Waals surface area contributed by atoms with Crippen LogP contribution in [0.25, 0.3) is 0 Å². The standard InChI is InChI=1S/C73H126O6/c1-4-7-10-13-16-19-22-25-28-30-32-34-35-36-37-38-39-40-42-43-45-48-51-54-57-60-63-66-72(75)78-69-70(68-77-71(74)65-62-59-56-53-50-47-27-24-21-18-15-12-9-6-3)79-73(76)67-64-61-58-55-52-49-46-44-41-33-31-29-26-23-20-17-14-11-8-5-2/h7,10,16,19,25,28,32,34,36-37,39-40,43,45,51,54,70H,4-6,8-9,11-15,17-18,20-24,26-27,29-31,33,35,38,41-42,44,46-50,52-53,55-69H2,1-3H3/b10-7-,19-16-,28-25-,34-32-,37-36-,40-39-,45-43-,54-51-. The minimum absolute atomic E-state index is 0.0870. The third-order valence-electron chi connectivity index (χ3n) is 14.6. The zero-order chi connectivity index (χ0) is 57.1. The molecule has 0 radical (unpaired) electrons. The van der Waals surface area contributed by atoms with Crippen LogP contribution in [0, 0.1) is 0 Å². The number of allylic oxidation sites excluding steroid dienone is 16. The maximum atomic E-state index is 12.9. The molecular weight excluding hydrogens is 973 g/mol. The van der Waals surface area contributed by atoms with Crippen molar-refractivity contribution >= 4 is 17.9 Å². The van der Waals surface area contributed by atoms with Crippen LogP contribution >= 0.6 is 0 Å². The second-order valence-electron chi connectivity index (χ2n) is 22.4. The molecule has 0 fully saturated rings. The zero-order valence-corrected chi connectivity index (χ0v) is 52.1. The molecule has 0 aliphatic heterocycles. The highest BCUT2D eigenvalue weighted by atomic mass is 16.6. The lowest BCUT2D eigenvalue weighted by molar-refractivity contribution is -0.167. The molecular formula is C73H126O6. The van der Waals surface area contributed by atoms with Gasteiger partial charge in [0.25, 0.3) is 0 Å². The molecule has 0 rings (SSSR count). The van der Waals surface area contributed by atoms with Gasteiger partial charge in [0.2, 0.25) is 0 Å². The first-order valence-corrected chi connectivity index (χ1v) is 33.7. The van der Waals surface area contributed by atoms with Crippen LogP contribution in [0.5, 0.6) is 0 Å². The van der Waals surface area contributed by atoms with Gasteiger partial charge >= 0.3 is 17.9 Å². The van der Waals surface area contributed by atoms with Crippen molar-refractivity contribution in [2.75, 3.05) is 13.2 Å². The lowest BCUT2D eigenvalue weighted by Gasteiger charge is -2.18. The number of hydrogen-bond donors (Lipinski definition) is 0. The molecule has 0 N–H and O–H groups in total. The molecule has 0 aromatic rings. The Labute approximate surface area is 489 Å². The number of esters is 3. The molecule has 0 aliphatic rings. The fourth-order valence-corrected chi connectivity index (χ4v) is 9.58. The predicted molar refractivity (Wildman–Crippen MR) is 344 cm³/mol. The first kappa shape index (κ1) is 75.3. The summed E-state index contributed by atoms with van der Waals surface area (Å²) in [5, 5.41) is 0. The second-order valence-corrected chi connectivity index (χ2v) is 22.4. The van der Waals surface area contributed by atoms with Crippen molar-refractivity contribution in [1.82, 2.24) is 0 Å². The Morgan fingerprint density at radius 2 is 0.494 bits per heavy atom. The lowest BCUT2D eigenvalue weighted by Crippen LogP contribution is -2.30. The summed E-state index contributed by atoms with van der Waals surface area (Å²) in [5.41, 5.74) is 0. The van der Waals surface area contributed by atoms with E-state index < -0.39 is 6.10 Å². The summed E-state index contributed by atoms with van der Waals surface area (Å²) < 4.78 is 16.9. The summed E-state index contributed by atoms with van der Waals surface area (Å²) in [5.74, 6) is -0.916. The molecule has 0 amide bonds. The fraction of sp³-hybridized carbons (Fsp3) is 0.740. The van der Waals surface area contributed by atoms with E-state index in [1.807, 2.05) is 0 Å². The molecule has 6 heteroatoms. The third-order valence-corrected chi connectivity index (χ3v) is 14.6. The normalized spacial score (nSPS) is 12.7. The van der Waals surface area contributed by atoms with E-state index in [1.165, 1.54) is 180 Å². The molecule has 79 heavy (non-hydrogen) atoms. The van der Waals surface area contributed by atoms with Crippen molar-refractivity contribution in [3.05, 3.63) is 97.2 Å². The van der Waals surface area contributed by atoms with Gasteiger partial charge in [0, 0.05) is 19.3 Å². The average Bonchev–Trinajstić information content (AvgIpc) is 3.45. The molecule has 6 nitrogen and oxygen atoms in total. The van der Waals surface area contributed by atoms with Gasteiger partial charge in [-0.05, 0) is 83.5 Å². The van der Waals surface area contributed by atoms with Crippen molar-refractivity contribution in [2.24, 2.45) is 0 Å². The molecule has 0 saturated heterocycles. The summed E-state index contributed by atoms with van der Waals surface area (Å²) in [6.45, 7) is 6.54. The molecule has 0 aromatic heterocycles. The first-order valence-electron chi connectivity index (χ1n) is 33.7. The van der Waals surface area contributed by atoms with Gasteiger partial charge < -0.3 is 14.2 Å². The molecule has 0 heterocycles. The van der Waals surface area contributed by atoms with Gasteiger partial charge in [0.15, 0.2) is 6.10 Å². The Balaban J connectivity index is 4.40. The number of hydrogen-bond acceptors (Lipinski definition) is 6. The number of rotatable bonds is 61. The third kappa shape index (κ3) is 65.0. The summed E-state index contributed by atoms with van der Waals surface area (Å²) >= 11 is 0. The number of ether oxygens (including phenoxy) is 3. The van der Waals surface area contributed by atoms with E-state index in [1.54, 1.807) is 0 Å². The van der Waals surface area contributed by atoms with E-state index in [9.17, 15) is 14.4 Å². The highest BCUT2D eigenvalue weighted by Crippen LogP contribution is 2.17. The summed E-state index contributed by atoms with van der Waals surface area (Å²) in [6, 6.07) is 0. The Morgan fingerprint density at radius 1 is 0.266 bits per heavy atom. The Kier molecular flexibility index (Phi) is 63.7. The largest absolute Gasteiger partial charge is 0.462 e. The van der Waals surface area contributed by atoms with Crippen LogP contribution in [0.3, 0.4) is 0 Å². The zero-order valence-electron chi connectivity index (χ0n) is 52.1. The van der Waals surface area contributed by atoms with Crippen LogP contribution in [-0.2, 0) is 28.6 Å². The van der Waals surface area contributed by atoms with Gasteiger partial charge in [-0.3, -0.25) is 14.4 Å². The van der Waals surface area contributed by atoms with Crippen molar-refractivity contribution < 1.29 is 28.6 Å². The van der Waals surface area contributed by atoms with Gasteiger partial charge in [-0.2, -0.15) is 0 Å². The Hall–Kier alpha value is -3.67. The van der Waals surface area contributed by atoms with Crippen LogP contribution in [0.2, 0.25) is 0 Å². The van der Waals surface area contributed by atoms with E-state index >= 15 is 0 Å². The SMILES string of the molecule is CC/C=C\C/C=C\C/C=C\C/C=C\C/C=C\C/C=C\C/C=C\C/C=C\CCCCC(=O)OCC(COC(=O)CCCCCCCCCCCCCCCC)OC(=O)CCCCCCCCCCCCCCCCCCCCCC. The van der Waals surface area contributed by atoms with Gasteiger partial charge in [0.05, 0.1) is 0 Å². The first-order chi connectivity index (χ1) is 39.0. The number of carbonyl (C=O) groups is 3. The average molecular weight is 1100 g/mol. The monoisotopic (exact) mass is 1100 g/mol. The number of unbranched alkanes of at least 4 members (excludes halogenated alkanes) is 34. The summed E-state index contributed by atoms with van der Waals surface area (Å²) in [6.07, 6.45) is 89.9. The molecule has 0 bridgehead atoms. The van der Waals surface area contributed by atoms with Gasteiger partial charge in [0.1, 0.15) is 13.2 Å². The molecule has 1 unspecified atom stereocenters. The smallest absolute Gasteiger partial charge is 0.306 e. The van der Waals surface area contributed by atoms with Gasteiger partial charge in [-0.1, -0.05) is 323 Å². The maximum Gasteiger partial charge on any atom is 0.306 e. The highest BCUT2D eigenvalue weighted by molar-refractivity contribution is 5.71. The van der Waals surface area contributed by atoms with E-state index in [0.717, 1.165) is 109 Å². The molecule has 0 aromatic carbocycles. The predicted octanol–water partition coefficient (Wildman–Crippen LogP) is 23.2. The van der Waals surface area contributed by atoms with Crippen LogP contribution < -0.4 is 0 Å². The van der Waals surface area contributed by atoms with E-state index in [0.29, 0.717) is 19.3 Å². The Morgan fingerprint density at radius 3 is 0.772 bits per heavy atom. The maximum absolute atomic E-state index is 12.9. The molecule has 0 saturated carbocycles. The van der Waals surface area contributed by atoms with Crippen LogP contribution in [0.15, 0.2) is 97.2 Å². The molecule has 0 spiro atoms. The van der Waals surface area contributed by atoms with Crippen molar-refractivity contribution in [2.45, 2.75) is 335 Å². The topological polar surface area (TPSA) is 78.9 Å². The number of carbonyl (C=O) groups excluding carboxylic acids is 3. The Bertz CT molecular complexity index is 1540. The van der Waals surface area contributed by atoms with Crippen molar-refractivity contribution in [3.63, 3.8) is 0 Å². The summed E-state index contributed by atoms with van der Waals surface area (Å²) in [7, 11) is 0. The van der Waals surface area contributed by atoms with Crippen LogP contribution in [-0.4, -0.2) is 37.2 Å². The van der Waals surface area contributed by atoms with Gasteiger partial charge in [-0.15, -0.1) is 0 Å². The molecule has 0 aliphatic carbocycles. The quantitative estimate of drug-likeness (QED) is 0.0261. The van der Waals surface area contributed by atoms with E-state index in [4.69, 9.17) is 14.2 Å². The van der Waals surface area contributed by atoms with Crippen LogP contribution in [0.1, 0.15) is 329 Å². The van der Waals surface area contributed by atoms with Gasteiger partial charge in [-0.25, -0.2) is 0 Å². The minimum Gasteiger partial charge on any atom is -0.462 e. The second kappa shape index (κ2) is 66.8. The van der Waals surface area contributed by atoms with E-state index in [-0.39, 0.29) is 31.1 Å². The molecule has 454 valence electrons. The van der Waals surface area contributed by atoms with Crippen molar-refractivity contribution in [1.29, 1.82) is 0 Å². The minimum atomic E-state index is -0.794. The van der Waals surface area contributed by atoms with Crippen LogP contribution in [0.4, 0.5) is 0 Å². The molecule has 1 atom stereocenters. The summed E-state index contributed by atoms with van der Waals surface area (Å²) in [4.78, 5) is 38.4.